The molecule has 2 aromatic carbocycles. The van der Waals surface area contributed by atoms with Crippen LogP contribution in [0.3, 0.4) is 0 Å². The van der Waals surface area contributed by atoms with Gasteiger partial charge >= 0.3 is 0 Å². The van der Waals surface area contributed by atoms with E-state index in [9.17, 15) is 17.6 Å². The molecule has 2 aliphatic rings. The van der Waals surface area contributed by atoms with E-state index in [0.717, 1.165) is 36.2 Å². The number of amides is 1. The quantitative estimate of drug-likeness (QED) is 0.546. The summed E-state index contributed by atoms with van der Waals surface area (Å²) in [5.41, 5.74) is 1.56. The Bertz CT molecular complexity index is 1340. The molecule has 0 spiro atoms. The zero-order valence-electron chi connectivity index (χ0n) is 19.9. The molecule has 1 atom stereocenters. The first-order chi connectivity index (χ1) is 17.4. The Hall–Kier alpha value is -3.08. The Morgan fingerprint density at radius 2 is 1.83 bits per heavy atom. The Morgan fingerprint density at radius 1 is 1.06 bits per heavy atom. The van der Waals surface area contributed by atoms with Crippen LogP contribution in [0.5, 0.6) is 0 Å². The summed E-state index contributed by atoms with van der Waals surface area (Å²) in [5, 5.41) is 3.71. The largest absolute Gasteiger partial charge is 0.379 e. The van der Waals surface area contributed by atoms with Gasteiger partial charge in [0.05, 0.1) is 29.5 Å². The number of aromatic nitrogens is 1. The number of sulfonamides is 1. The zero-order chi connectivity index (χ0) is 25.1. The minimum Gasteiger partial charge on any atom is -0.379 e. The van der Waals surface area contributed by atoms with Crippen molar-refractivity contribution in [1.82, 2.24) is 14.6 Å². The number of halogens is 1. The molecule has 36 heavy (non-hydrogen) atoms. The van der Waals surface area contributed by atoms with Crippen LogP contribution in [0.4, 0.5) is 10.2 Å². The average molecular weight is 513 g/mol. The molecule has 0 aliphatic carbocycles. The minimum absolute atomic E-state index is 0.0252. The molecule has 2 aliphatic heterocycles. The highest BCUT2D eigenvalue weighted by Crippen LogP contribution is 2.27. The third kappa shape index (κ3) is 5.35. The van der Waals surface area contributed by atoms with Gasteiger partial charge in [-0.3, -0.25) is 4.79 Å². The molecule has 1 amide bonds. The van der Waals surface area contributed by atoms with E-state index in [4.69, 9.17) is 9.72 Å². The molecule has 3 aromatic rings. The van der Waals surface area contributed by atoms with Crippen molar-refractivity contribution in [2.75, 3.05) is 44.3 Å². The van der Waals surface area contributed by atoms with Crippen molar-refractivity contribution in [2.24, 2.45) is 5.92 Å². The van der Waals surface area contributed by atoms with Crippen LogP contribution in [0, 0.1) is 11.7 Å². The van der Waals surface area contributed by atoms with E-state index >= 15 is 0 Å². The van der Waals surface area contributed by atoms with Crippen LogP contribution in [0.15, 0.2) is 59.5 Å². The van der Waals surface area contributed by atoms with Crippen LogP contribution in [-0.4, -0.2) is 63.0 Å². The van der Waals surface area contributed by atoms with Crippen molar-refractivity contribution < 1.29 is 22.3 Å². The predicted molar refractivity (Wildman–Crippen MR) is 135 cm³/mol. The van der Waals surface area contributed by atoms with Gasteiger partial charge in [0.2, 0.25) is 15.9 Å². The maximum Gasteiger partial charge on any atom is 0.243 e. The summed E-state index contributed by atoms with van der Waals surface area (Å²) in [6, 6.07) is 14.9. The molecule has 1 aromatic heterocycles. The van der Waals surface area contributed by atoms with Crippen molar-refractivity contribution in [2.45, 2.75) is 24.3 Å². The highest BCUT2D eigenvalue weighted by atomic mass is 32.2. The van der Waals surface area contributed by atoms with Gasteiger partial charge in [0.25, 0.3) is 0 Å². The summed E-state index contributed by atoms with van der Waals surface area (Å²) in [5.74, 6) is 0.272. The van der Waals surface area contributed by atoms with E-state index in [1.165, 1.54) is 16.4 Å². The van der Waals surface area contributed by atoms with Crippen LogP contribution in [0.2, 0.25) is 0 Å². The smallest absolute Gasteiger partial charge is 0.243 e. The van der Waals surface area contributed by atoms with Crippen molar-refractivity contribution in [3.8, 4) is 0 Å². The van der Waals surface area contributed by atoms with E-state index < -0.39 is 10.0 Å². The average Bonchev–Trinajstić information content (AvgIpc) is 2.92. The number of ether oxygens (including phenoxy) is 1. The van der Waals surface area contributed by atoms with Gasteiger partial charge in [-0.15, -0.1) is 0 Å². The number of rotatable bonds is 6. The summed E-state index contributed by atoms with van der Waals surface area (Å²) in [6.45, 7) is 3.22. The molecule has 1 N–H and O–H groups in total. The number of anilines is 1. The number of nitrogens with one attached hydrogen (secondary N) is 1. The number of hydrogen-bond donors (Lipinski definition) is 1. The normalized spacial score (nSPS) is 19.4. The van der Waals surface area contributed by atoms with Crippen molar-refractivity contribution in [3.63, 3.8) is 0 Å². The molecule has 2 fully saturated rings. The first kappa shape index (κ1) is 24.6. The number of pyridine rings is 1. The summed E-state index contributed by atoms with van der Waals surface area (Å²) in [7, 11) is -3.58. The van der Waals surface area contributed by atoms with Gasteiger partial charge in [0.1, 0.15) is 11.6 Å². The van der Waals surface area contributed by atoms with Crippen LogP contribution in [-0.2, 0) is 26.1 Å². The highest BCUT2D eigenvalue weighted by molar-refractivity contribution is 7.89. The molecule has 8 nitrogen and oxygen atoms in total. The lowest BCUT2D eigenvalue weighted by atomic mass is 9.97. The van der Waals surface area contributed by atoms with Crippen LogP contribution >= 0.6 is 0 Å². The topological polar surface area (TPSA) is 91.8 Å². The van der Waals surface area contributed by atoms with Crippen molar-refractivity contribution in [1.29, 1.82) is 0 Å². The van der Waals surface area contributed by atoms with E-state index in [0.29, 0.717) is 44.9 Å². The lowest BCUT2D eigenvalue weighted by molar-refractivity contribution is -0.125. The van der Waals surface area contributed by atoms with Crippen LogP contribution in [0.25, 0.3) is 10.9 Å². The molecule has 0 bridgehead atoms. The van der Waals surface area contributed by atoms with Crippen molar-refractivity contribution >= 4 is 32.7 Å². The summed E-state index contributed by atoms with van der Waals surface area (Å²) in [4.78, 5) is 19.9. The van der Waals surface area contributed by atoms with Gasteiger partial charge in [0, 0.05) is 38.1 Å². The predicted octanol–water partition coefficient (Wildman–Crippen LogP) is 2.93. The number of nitrogens with zero attached hydrogens (tertiary/aromatic N) is 3. The Kier molecular flexibility index (Phi) is 7.17. The Labute approximate surface area is 210 Å². The number of morpholine rings is 1. The summed E-state index contributed by atoms with van der Waals surface area (Å²) < 4.78 is 45.8. The molecule has 3 heterocycles. The third-order valence-corrected chi connectivity index (χ3v) is 8.64. The molecule has 0 unspecified atom stereocenters. The molecule has 0 radical (unpaired) electrons. The molecular formula is C26H29FN4O4S. The van der Waals surface area contributed by atoms with Gasteiger partial charge in [0.15, 0.2) is 0 Å². The Morgan fingerprint density at radius 3 is 2.61 bits per heavy atom. The molecule has 0 saturated carbocycles. The molecule has 5 rings (SSSR count). The second-order valence-corrected chi connectivity index (χ2v) is 11.1. The van der Waals surface area contributed by atoms with E-state index in [1.807, 2.05) is 12.1 Å². The van der Waals surface area contributed by atoms with Gasteiger partial charge in [-0.1, -0.05) is 12.1 Å². The van der Waals surface area contributed by atoms with E-state index in [2.05, 4.69) is 10.2 Å². The Balaban J connectivity index is 1.26. The van der Waals surface area contributed by atoms with Gasteiger partial charge < -0.3 is 15.0 Å². The lowest BCUT2D eigenvalue weighted by Gasteiger charge is -2.33. The number of fused-ring (bicyclic) bond motifs is 1. The first-order valence-electron chi connectivity index (χ1n) is 12.2. The van der Waals surface area contributed by atoms with Crippen LogP contribution in [0.1, 0.15) is 18.4 Å². The monoisotopic (exact) mass is 512 g/mol. The first-order valence-corrected chi connectivity index (χ1v) is 13.6. The number of piperidine rings is 1. The maximum absolute atomic E-state index is 13.1. The second-order valence-electron chi connectivity index (χ2n) is 9.17. The highest BCUT2D eigenvalue weighted by Gasteiger charge is 2.28. The molecular weight excluding hydrogens is 483 g/mol. The fraction of sp³-hybridized carbons (Fsp3) is 0.385. The second kappa shape index (κ2) is 10.5. The number of carbonyl (C=O) groups is 1. The van der Waals surface area contributed by atoms with Gasteiger partial charge in [-0.2, -0.15) is 4.31 Å². The minimum atomic E-state index is -3.58. The lowest BCUT2D eigenvalue weighted by Crippen LogP contribution is -2.43. The van der Waals surface area contributed by atoms with Gasteiger partial charge in [-0.25, -0.2) is 17.8 Å². The number of benzene rings is 2. The summed E-state index contributed by atoms with van der Waals surface area (Å²) >= 11 is 0. The maximum atomic E-state index is 13.1. The molecule has 10 heteroatoms. The molecule has 2 saturated heterocycles. The third-order valence-electron chi connectivity index (χ3n) is 6.75. The van der Waals surface area contributed by atoms with Crippen molar-refractivity contribution in [3.05, 3.63) is 66.0 Å². The number of hydrogen-bond acceptors (Lipinski definition) is 6. The van der Waals surface area contributed by atoms with E-state index in [-0.39, 0.29) is 22.5 Å². The standard InChI is InChI=1S/C26H29FN4O4S/c27-22-6-3-19(4-7-22)17-28-26(32)21-2-1-11-30(18-21)25-10-5-20-16-23(8-9-24(20)29-25)36(33,34)31-12-14-35-15-13-31/h3-10,16,21H,1-2,11-15,17-18H2,(H,28,32)/t21-/m1/s1. The molecule has 190 valence electrons. The number of carbonyl (C=O) groups excluding carboxylic acids is 1. The van der Waals surface area contributed by atoms with E-state index in [1.54, 1.807) is 30.3 Å². The zero-order valence-corrected chi connectivity index (χ0v) is 20.7. The summed E-state index contributed by atoms with van der Waals surface area (Å²) in [6.07, 6.45) is 1.66. The SMILES string of the molecule is O=C(NCc1ccc(F)cc1)[C@@H]1CCCN(c2ccc3cc(S(=O)(=O)N4CCOCC4)ccc3n2)C1. The van der Waals surface area contributed by atoms with Gasteiger partial charge in [-0.05, 0) is 60.9 Å². The fourth-order valence-corrected chi connectivity index (χ4v) is 6.14. The van der Waals surface area contributed by atoms with Crippen LogP contribution < -0.4 is 10.2 Å². The fourth-order valence-electron chi connectivity index (χ4n) is 4.70.